The standard InChI is InChI=1S/C9H7N3O.C4H6N2S/c10-5-7-3-1-2-4-8(7)6-12-9(13)11-12;1-3-4(2)7-6-5-3/h1-4H,6H2,(H,11,13);1-2H3. The molecule has 0 aliphatic carbocycles. The van der Waals surface area contributed by atoms with Crippen molar-refractivity contribution in [3.05, 3.63) is 46.0 Å². The number of nitriles is 1. The summed E-state index contributed by atoms with van der Waals surface area (Å²) < 4.78 is 3.71. The van der Waals surface area contributed by atoms with Crippen LogP contribution in [0.2, 0.25) is 0 Å². The van der Waals surface area contributed by atoms with Gasteiger partial charge in [0.15, 0.2) is 0 Å². The Morgan fingerprint density at radius 3 is 2.55 bits per heavy atom. The zero-order chi connectivity index (χ0) is 14.5. The zero-order valence-electron chi connectivity index (χ0n) is 11.1. The van der Waals surface area contributed by atoms with Gasteiger partial charge in [0.25, 0.3) is 0 Å². The molecule has 0 bridgehead atoms. The third-order valence-corrected chi connectivity index (χ3v) is 3.50. The van der Waals surface area contributed by atoms with E-state index in [1.165, 1.54) is 21.4 Å². The fourth-order valence-corrected chi connectivity index (χ4v) is 1.88. The maximum Gasteiger partial charge on any atom is 0.355 e. The number of aryl methyl sites for hydroxylation is 2. The Hall–Kier alpha value is -2.46. The number of carbonyl (C=O) groups is 1. The number of hydrogen-bond acceptors (Lipinski definition) is 5. The van der Waals surface area contributed by atoms with Gasteiger partial charge in [0.2, 0.25) is 0 Å². The van der Waals surface area contributed by atoms with E-state index in [4.69, 9.17) is 5.26 Å². The molecule has 3 rings (SSSR count). The molecule has 0 unspecified atom stereocenters. The van der Waals surface area contributed by atoms with Gasteiger partial charge >= 0.3 is 6.03 Å². The largest absolute Gasteiger partial charge is 0.355 e. The number of urea groups is 1. The summed E-state index contributed by atoms with van der Waals surface area (Å²) in [6, 6.07) is 9.22. The van der Waals surface area contributed by atoms with E-state index in [0.29, 0.717) is 12.1 Å². The maximum atomic E-state index is 10.6. The second-order valence-electron chi connectivity index (χ2n) is 4.19. The van der Waals surface area contributed by atoms with E-state index in [9.17, 15) is 4.79 Å². The molecule has 1 N–H and O–H groups in total. The highest BCUT2D eigenvalue weighted by Crippen LogP contribution is 2.13. The number of benzene rings is 1. The first-order chi connectivity index (χ1) is 9.61. The molecule has 1 aromatic carbocycles. The minimum absolute atomic E-state index is 0.0901. The van der Waals surface area contributed by atoms with Crippen molar-refractivity contribution in [3.63, 3.8) is 0 Å². The summed E-state index contributed by atoms with van der Waals surface area (Å²) in [4.78, 5) is 11.8. The quantitative estimate of drug-likeness (QED) is 0.857. The van der Waals surface area contributed by atoms with Crippen LogP contribution in [0, 0.1) is 25.2 Å². The van der Waals surface area contributed by atoms with Crippen molar-refractivity contribution in [3.8, 4) is 6.07 Å². The predicted octanol–water partition coefficient (Wildman–Crippen LogP) is 2.15. The monoisotopic (exact) mass is 287 g/mol. The van der Waals surface area contributed by atoms with Crippen molar-refractivity contribution >= 4 is 17.6 Å². The fourth-order valence-electron chi connectivity index (χ4n) is 1.42. The maximum absolute atomic E-state index is 10.6. The van der Waals surface area contributed by atoms with Crippen LogP contribution in [0.3, 0.4) is 0 Å². The molecule has 1 saturated heterocycles. The van der Waals surface area contributed by atoms with Crippen LogP contribution in [0.15, 0.2) is 24.3 Å². The molecule has 0 radical (unpaired) electrons. The molecule has 20 heavy (non-hydrogen) atoms. The van der Waals surface area contributed by atoms with Crippen molar-refractivity contribution in [1.82, 2.24) is 20.0 Å². The normalized spacial score (nSPS) is 12.1. The summed E-state index contributed by atoms with van der Waals surface area (Å²) in [5, 5.41) is 14.0. The smallest absolute Gasteiger partial charge is 0.245 e. The first kappa shape index (κ1) is 14.0. The van der Waals surface area contributed by atoms with E-state index < -0.39 is 0 Å². The van der Waals surface area contributed by atoms with E-state index in [0.717, 1.165) is 11.3 Å². The van der Waals surface area contributed by atoms with E-state index in [1.807, 2.05) is 26.0 Å². The van der Waals surface area contributed by atoms with Crippen molar-refractivity contribution in [2.24, 2.45) is 0 Å². The highest BCUT2D eigenvalue weighted by atomic mass is 32.1. The molecule has 2 heterocycles. The van der Waals surface area contributed by atoms with Crippen LogP contribution in [0.4, 0.5) is 4.79 Å². The molecule has 1 fully saturated rings. The van der Waals surface area contributed by atoms with Gasteiger partial charge in [-0.05, 0) is 37.0 Å². The molecule has 0 spiro atoms. The molecular weight excluding hydrogens is 274 g/mol. The number of carbonyl (C=O) groups excluding carboxylic acids is 1. The Bertz CT molecular complexity index is 644. The topological polar surface area (TPSA) is 91.6 Å². The average molecular weight is 287 g/mol. The number of aromatic nitrogens is 2. The van der Waals surface area contributed by atoms with Crippen LogP contribution < -0.4 is 5.43 Å². The third kappa shape index (κ3) is 3.52. The van der Waals surface area contributed by atoms with Gasteiger partial charge in [0.1, 0.15) is 0 Å². The summed E-state index contributed by atoms with van der Waals surface area (Å²) in [7, 11) is 0. The van der Waals surface area contributed by atoms with Crippen molar-refractivity contribution in [2.75, 3.05) is 0 Å². The highest BCUT2D eigenvalue weighted by Gasteiger charge is 2.29. The van der Waals surface area contributed by atoms with Crippen LogP contribution in [0.1, 0.15) is 21.7 Å². The number of hydrazine groups is 1. The van der Waals surface area contributed by atoms with Gasteiger partial charge in [-0.15, -0.1) is 5.10 Å². The Morgan fingerprint density at radius 1 is 1.40 bits per heavy atom. The van der Waals surface area contributed by atoms with Gasteiger partial charge < -0.3 is 0 Å². The number of rotatable bonds is 2. The lowest BCUT2D eigenvalue weighted by Crippen LogP contribution is -2.02. The molecule has 1 aliphatic heterocycles. The van der Waals surface area contributed by atoms with Gasteiger partial charge in [-0.2, -0.15) is 5.26 Å². The lowest BCUT2D eigenvalue weighted by atomic mass is 10.1. The Morgan fingerprint density at radius 2 is 2.10 bits per heavy atom. The summed E-state index contributed by atoms with van der Waals surface area (Å²) in [6.45, 7) is 4.43. The summed E-state index contributed by atoms with van der Waals surface area (Å²) in [5.74, 6) is 0. The number of nitrogens with zero attached hydrogens (tertiary/aromatic N) is 4. The molecule has 1 aromatic heterocycles. The summed E-state index contributed by atoms with van der Waals surface area (Å²) >= 11 is 1.44. The average Bonchev–Trinajstić information content (AvgIpc) is 3.01. The summed E-state index contributed by atoms with van der Waals surface area (Å²) in [5.41, 5.74) is 5.04. The third-order valence-electron chi connectivity index (χ3n) is 2.77. The lowest BCUT2D eigenvalue weighted by Gasteiger charge is -2.00. The molecule has 1 aliphatic rings. The van der Waals surface area contributed by atoms with Crippen LogP contribution in [-0.2, 0) is 6.54 Å². The molecule has 0 saturated carbocycles. The molecule has 2 aromatic rings. The predicted molar refractivity (Wildman–Crippen MR) is 74.6 cm³/mol. The van der Waals surface area contributed by atoms with Crippen molar-refractivity contribution in [2.45, 2.75) is 20.4 Å². The van der Waals surface area contributed by atoms with Crippen molar-refractivity contribution < 1.29 is 4.79 Å². The van der Waals surface area contributed by atoms with Gasteiger partial charge in [-0.1, -0.05) is 22.7 Å². The first-order valence-electron chi connectivity index (χ1n) is 5.93. The lowest BCUT2D eigenvalue weighted by molar-refractivity contribution is 0.257. The Balaban J connectivity index is 0.000000178. The van der Waals surface area contributed by atoms with Crippen LogP contribution in [-0.4, -0.2) is 20.6 Å². The van der Waals surface area contributed by atoms with Crippen LogP contribution >= 0.6 is 11.5 Å². The molecule has 7 heteroatoms. The van der Waals surface area contributed by atoms with E-state index in [2.05, 4.69) is 21.1 Å². The molecule has 6 nitrogen and oxygen atoms in total. The highest BCUT2D eigenvalue weighted by molar-refractivity contribution is 7.05. The number of amides is 2. The number of hydrogen-bond donors (Lipinski definition) is 1. The van der Waals surface area contributed by atoms with E-state index in [1.54, 1.807) is 12.1 Å². The first-order valence-corrected chi connectivity index (χ1v) is 6.71. The van der Waals surface area contributed by atoms with Crippen LogP contribution in [0.25, 0.3) is 0 Å². The van der Waals surface area contributed by atoms with Gasteiger partial charge in [0, 0.05) is 4.88 Å². The van der Waals surface area contributed by atoms with Gasteiger partial charge in [-0.25, -0.2) is 15.2 Å². The second-order valence-corrected chi connectivity index (χ2v) is 5.14. The SMILES string of the molecule is Cc1nnsc1C.N#Cc1ccccc1CN1NC1=O. The fraction of sp³-hybridized carbons (Fsp3) is 0.231. The summed E-state index contributed by atoms with van der Waals surface area (Å²) in [6.07, 6.45) is 0. The Labute approximate surface area is 120 Å². The van der Waals surface area contributed by atoms with Gasteiger partial charge in [0.05, 0.1) is 23.9 Å². The second kappa shape index (κ2) is 6.12. The van der Waals surface area contributed by atoms with Crippen molar-refractivity contribution in [1.29, 1.82) is 5.26 Å². The van der Waals surface area contributed by atoms with Gasteiger partial charge in [-0.3, -0.25) is 0 Å². The van der Waals surface area contributed by atoms with E-state index >= 15 is 0 Å². The van der Waals surface area contributed by atoms with E-state index in [-0.39, 0.29) is 6.03 Å². The molecule has 0 atom stereocenters. The van der Waals surface area contributed by atoms with Crippen LogP contribution in [0.5, 0.6) is 0 Å². The molecular formula is C13H13N5OS. The Kier molecular flexibility index (Phi) is 4.27. The minimum atomic E-state index is -0.0901. The molecule has 2 amide bonds. The molecule has 102 valence electrons. The number of nitrogens with one attached hydrogen (secondary N) is 1. The minimum Gasteiger partial charge on any atom is -0.245 e. The zero-order valence-corrected chi connectivity index (χ0v) is 11.9.